The smallest absolute Gasteiger partial charge is 0.235 e. The molecule has 0 amide bonds. The van der Waals surface area contributed by atoms with E-state index in [0.717, 1.165) is 60.2 Å². The highest BCUT2D eigenvalue weighted by Crippen LogP contribution is 2.35. The van der Waals surface area contributed by atoms with Gasteiger partial charge in [0.25, 0.3) is 0 Å². The highest BCUT2D eigenvalue weighted by atomic mass is 32.2. The molecule has 2 aromatic rings. The Balaban J connectivity index is 1.43. The Morgan fingerprint density at radius 2 is 1.86 bits per heavy atom. The number of carbonyl (C=O) groups is 1. The van der Waals surface area contributed by atoms with Crippen LogP contribution in [0, 0.1) is 5.92 Å². The minimum atomic E-state index is -3.26. The van der Waals surface area contributed by atoms with Gasteiger partial charge in [-0.25, -0.2) is 8.42 Å². The van der Waals surface area contributed by atoms with Gasteiger partial charge >= 0.3 is 0 Å². The van der Waals surface area contributed by atoms with Crippen molar-refractivity contribution in [3.63, 3.8) is 0 Å². The molecule has 2 fully saturated rings. The van der Waals surface area contributed by atoms with Crippen molar-refractivity contribution in [2.24, 2.45) is 5.92 Å². The summed E-state index contributed by atoms with van der Waals surface area (Å²) < 4.78 is 26.9. The van der Waals surface area contributed by atoms with Gasteiger partial charge in [-0.05, 0) is 55.0 Å². The van der Waals surface area contributed by atoms with Crippen LogP contribution in [0.5, 0.6) is 0 Å². The Morgan fingerprint density at radius 1 is 1.11 bits per heavy atom. The summed E-state index contributed by atoms with van der Waals surface area (Å²) in [6, 6.07) is 9.47. The molecule has 6 heteroatoms. The fourth-order valence-corrected chi connectivity index (χ4v) is 5.08. The van der Waals surface area contributed by atoms with Crippen LogP contribution < -0.4 is 4.72 Å². The first kappa shape index (κ1) is 17.6. The van der Waals surface area contributed by atoms with Gasteiger partial charge in [0.1, 0.15) is 5.78 Å². The quantitative estimate of drug-likeness (QED) is 0.776. The molecule has 3 aliphatic carbocycles. The predicted molar refractivity (Wildman–Crippen MR) is 109 cm³/mol. The van der Waals surface area contributed by atoms with Crippen LogP contribution in [0.2, 0.25) is 0 Å². The van der Waals surface area contributed by atoms with E-state index in [4.69, 9.17) is 4.98 Å². The number of pyridine rings is 1. The van der Waals surface area contributed by atoms with Crippen molar-refractivity contribution < 1.29 is 13.2 Å². The molecule has 28 heavy (non-hydrogen) atoms. The van der Waals surface area contributed by atoms with Crippen LogP contribution >= 0.6 is 0 Å². The molecule has 0 bridgehead atoms. The van der Waals surface area contributed by atoms with Crippen molar-refractivity contribution in [2.75, 3.05) is 4.72 Å². The summed E-state index contributed by atoms with van der Waals surface area (Å²) in [5.41, 5.74) is 5.56. The van der Waals surface area contributed by atoms with Crippen molar-refractivity contribution >= 4 is 27.6 Å². The maximum atomic E-state index is 12.2. The second-order valence-electron chi connectivity index (χ2n) is 7.97. The lowest BCUT2D eigenvalue weighted by Gasteiger charge is -2.12. The van der Waals surface area contributed by atoms with E-state index in [2.05, 4.69) is 16.9 Å². The number of fused-ring (bicyclic) bond motifs is 1. The summed E-state index contributed by atoms with van der Waals surface area (Å²) in [4.78, 5) is 16.9. The fraction of sp³-hybridized carbons (Fsp3) is 0.364. The molecule has 3 aliphatic rings. The molecule has 0 unspecified atom stereocenters. The van der Waals surface area contributed by atoms with Gasteiger partial charge in [-0.1, -0.05) is 24.3 Å². The zero-order chi connectivity index (χ0) is 19.3. The van der Waals surface area contributed by atoms with Crippen molar-refractivity contribution in [1.82, 2.24) is 4.98 Å². The van der Waals surface area contributed by atoms with E-state index in [-0.39, 0.29) is 17.0 Å². The molecule has 0 spiro atoms. The van der Waals surface area contributed by atoms with E-state index < -0.39 is 10.0 Å². The Morgan fingerprint density at radius 3 is 2.54 bits per heavy atom. The number of Topliss-reactive ketones (excluding diaryl/α,β-unsaturated/α-hetero) is 1. The zero-order valence-corrected chi connectivity index (χ0v) is 16.3. The largest absolute Gasteiger partial charge is 0.299 e. The van der Waals surface area contributed by atoms with E-state index >= 15 is 0 Å². The van der Waals surface area contributed by atoms with Crippen LogP contribution in [0.3, 0.4) is 0 Å². The maximum absolute atomic E-state index is 12.2. The molecule has 0 radical (unpaired) electrons. The van der Waals surface area contributed by atoms with Gasteiger partial charge in [-0.3, -0.25) is 14.5 Å². The molecule has 5 rings (SSSR count). The van der Waals surface area contributed by atoms with Crippen molar-refractivity contribution in [3.05, 3.63) is 53.4 Å². The fourth-order valence-electron chi connectivity index (χ4n) is 3.70. The molecule has 144 valence electrons. The number of ketones is 1. The molecule has 1 heterocycles. The van der Waals surface area contributed by atoms with Crippen LogP contribution in [0.25, 0.3) is 17.2 Å². The van der Waals surface area contributed by atoms with Gasteiger partial charge in [-0.2, -0.15) is 0 Å². The van der Waals surface area contributed by atoms with Crippen molar-refractivity contribution in [1.29, 1.82) is 0 Å². The third-order valence-electron chi connectivity index (χ3n) is 5.59. The monoisotopic (exact) mass is 394 g/mol. The summed E-state index contributed by atoms with van der Waals surface area (Å²) in [6.45, 7) is 0. The highest BCUT2D eigenvalue weighted by Gasteiger charge is 2.35. The lowest BCUT2D eigenvalue weighted by molar-refractivity contribution is -0.119. The summed E-state index contributed by atoms with van der Waals surface area (Å²) in [7, 11) is -3.26. The highest BCUT2D eigenvalue weighted by molar-refractivity contribution is 7.93. The molecule has 2 saturated carbocycles. The SMILES string of the molecule is O=C(Cc1cc(-c2ccc(NS(=O)(=O)C3CC3)cc2)c2c(n1)CC=C2)C1CC1. The molecule has 0 aliphatic heterocycles. The first-order chi connectivity index (χ1) is 13.5. The van der Waals surface area contributed by atoms with E-state index in [1.54, 1.807) is 12.1 Å². The Hall–Kier alpha value is -2.47. The number of allylic oxidation sites excluding steroid dienone is 1. The summed E-state index contributed by atoms with van der Waals surface area (Å²) in [5, 5.41) is -0.243. The van der Waals surface area contributed by atoms with Crippen LogP contribution in [0.15, 0.2) is 36.4 Å². The normalized spacial score (nSPS) is 18.1. The third kappa shape index (κ3) is 3.49. The summed E-state index contributed by atoms with van der Waals surface area (Å²) in [5.74, 6) is 0.518. The zero-order valence-electron chi connectivity index (χ0n) is 15.5. The molecule has 1 aromatic heterocycles. The second-order valence-corrected chi connectivity index (χ2v) is 9.93. The Kier molecular flexibility index (Phi) is 4.12. The second kappa shape index (κ2) is 6.55. The molecule has 5 nitrogen and oxygen atoms in total. The van der Waals surface area contributed by atoms with Crippen LogP contribution in [-0.2, 0) is 27.7 Å². The lowest BCUT2D eigenvalue weighted by atomic mass is 9.97. The number of nitrogens with one attached hydrogen (secondary N) is 1. The number of nitrogens with zero attached hydrogens (tertiary/aromatic N) is 1. The topological polar surface area (TPSA) is 76.1 Å². The van der Waals surface area contributed by atoms with Gasteiger partial charge < -0.3 is 0 Å². The number of benzene rings is 1. The molecule has 1 aromatic carbocycles. The van der Waals surface area contributed by atoms with Crippen LogP contribution in [0.4, 0.5) is 5.69 Å². The summed E-state index contributed by atoms with van der Waals surface area (Å²) in [6.07, 6.45) is 8.85. The van der Waals surface area contributed by atoms with E-state index in [1.807, 2.05) is 18.2 Å². The number of sulfonamides is 1. The number of carbonyl (C=O) groups excluding carboxylic acids is 1. The average Bonchev–Trinajstić information content (AvgIpc) is 3.57. The molecular formula is C22H22N2O3S. The third-order valence-corrected chi connectivity index (χ3v) is 7.46. The maximum Gasteiger partial charge on any atom is 0.235 e. The van der Waals surface area contributed by atoms with E-state index in [1.165, 1.54) is 0 Å². The standard InChI is InChI=1S/C22H22N2O3S/c25-22(15-4-5-15)13-17-12-20(19-2-1-3-21(19)23-17)14-6-8-16(9-7-14)24-28(26,27)18-10-11-18/h1-2,6-9,12,15,18,24H,3-5,10-11,13H2. The minimum Gasteiger partial charge on any atom is -0.299 e. The molecule has 1 N–H and O–H groups in total. The molecule has 0 atom stereocenters. The average molecular weight is 394 g/mol. The van der Waals surface area contributed by atoms with Crippen LogP contribution in [0.1, 0.15) is 42.6 Å². The predicted octanol–water partition coefficient (Wildman–Crippen LogP) is 3.74. The Labute approximate surface area is 164 Å². The van der Waals surface area contributed by atoms with Crippen molar-refractivity contribution in [3.8, 4) is 11.1 Å². The Bertz CT molecular complexity index is 1080. The molecule has 0 saturated heterocycles. The van der Waals surface area contributed by atoms with Crippen molar-refractivity contribution in [2.45, 2.75) is 43.8 Å². The number of hydrogen-bond donors (Lipinski definition) is 1. The number of aromatic nitrogens is 1. The van der Waals surface area contributed by atoms with Gasteiger partial charge in [0, 0.05) is 35.7 Å². The lowest BCUT2D eigenvalue weighted by Crippen LogP contribution is -2.17. The number of anilines is 1. The number of rotatable bonds is 7. The van der Waals surface area contributed by atoms with Crippen LogP contribution in [-0.4, -0.2) is 24.4 Å². The van der Waals surface area contributed by atoms with Gasteiger partial charge in [0.15, 0.2) is 0 Å². The minimum absolute atomic E-state index is 0.232. The van der Waals surface area contributed by atoms with Gasteiger partial charge in [-0.15, -0.1) is 0 Å². The van der Waals surface area contributed by atoms with Gasteiger partial charge in [0.05, 0.1) is 10.9 Å². The first-order valence-electron chi connectivity index (χ1n) is 9.84. The number of hydrogen-bond acceptors (Lipinski definition) is 4. The van der Waals surface area contributed by atoms with Gasteiger partial charge in [0.2, 0.25) is 10.0 Å². The summed E-state index contributed by atoms with van der Waals surface area (Å²) >= 11 is 0. The first-order valence-corrected chi connectivity index (χ1v) is 11.4. The van der Waals surface area contributed by atoms with E-state index in [0.29, 0.717) is 12.1 Å². The van der Waals surface area contributed by atoms with E-state index in [9.17, 15) is 13.2 Å². The molecular weight excluding hydrogens is 372 g/mol.